The molecule has 3 aliphatic rings. The predicted octanol–water partition coefficient (Wildman–Crippen LogP) is 2.22. The Morgan fingerprint density at radius 2 is 1.84 bits per heavy atom. The van der Waals surface area contributed by atoms with Crippen LogP contribution in [0.5, 0.6) is 0 Å². The lowest BCUT2D eigenvalue weighted by Gasteiger charge is -2.31. The number of benzene rings is 1. The van der Waals surface area contributed by atoms with Gasteiger partial charge in [0.15, 0.2) is 0 Å². The summed E-state index contributed by atoms with van der Waals surface area (Å²) in [7, 11) is 0. The van der Waals surface area contributed by atoms with Gasteiger partial charge < -0.3 is 10.2 Å². The molecule has 1 aromatic rings. The minimum atomic E-state index is -0.768. The number of carbonyl (C=O) groups is 3. The standard InChI is InChI=1S/C19H23N3O3/c23-16(21-12-6-8-14-7-2-3-9-15(14)21)13-22-17(24)19(20-18(22)25)10-4-1-5-11-19/h2-3,7,9H,1,4-6,8,10-13H2,(H,20,25). The maximum absolute atomic E-state index is 12.8. The molecule has 2 heterocycles. The number of para-hydroxylation sites is 1. The van der Waals surface area contributed by atoms with Gasteiger partial charge in [0, 0.05) is 12.2 Å². The van der Waals surface area contributed by atoms with Crippen LogP contribution < -0.4 is 10.2 Å². The summed E-state index contributed by atoms with van der Waals surface area (Å²) in [5, 5.41) is 2.86. The van der Waals surface area contributed by atoms with Crippen LogP contribution in [0.2, 0.25) is 0 Å². The molecular weight excluding hydrogens is 318 g/mol. The van der Waals surface area contributed by atoms with Gasteiger partial charge in [-0.1, -0.05) is 37.5 Å². The number of rotatable bonds is 2. The zero-order valence-electron chi connectivity index (χ0n) is 14.3. The lowest BCUT2D eigenvalue weighted by molar-refractivity contribution is -0.135. The Morgan fingerprint density at radius 3 is 2.64 bits per heavy atom. The summed E-state index contributed by atoms with van der Waals surface area (Å²) in [6.45, 7) is 0.450. The number of amides is 4. The van der Waals surface area contributed by atoms with E-state index < -0.39 is 11.6 Å². The van der Waals surface area contributed by atoms with Crippen molar-refractivity contribution in [3.8, 4) is 0 Å². The molecule has 25 heavy (non-hydrogen) atoms. The highest BCUT2D eigenvalue weighted by Gasteiger charge is 2.51. The summed E-state index contributed by atoms with van der Waals surface area (Å²) in [5.41, 5.74) is 1.27. The molecule has 4 amide bonds. The lowest BCUT2D eigenvalue weighted by Crippen LogP contribution is -2.49. The monoisotopic (exact) mass is 341 g/mol. The third kappa shape index (κ3) is 2.69. The summed E-state index contributed by atoms with van der Waals surface area (Å²) >= 11 is 0. The number of urea groups is 1. The Kier molecular flexibility index (Phi) is 3.98. The van der Waals surface area contributed by atoms with E-state index in [2.05, 4.69) is 5.32 Å². The molecule has 132 valence electrons. The minimum absolute atomic E-state index is 0.180. The van der Waals surface area contributed by atoms with Gasteiger partial charge in [0.1, 0.15) is 12.1 Å². The summed E-state index contributed by atoms with van der Waals surface area (Å²) in [5.74, 6) is -0.417. The van der Waals surface area contributed by atoms with E-state index in [0.717, 1.165) is 48.3 Å². The van der Waals surface area contributed by atoms with Crippen molar-refractivity contribution in [2.45, 2.75) is 50.5 Å². The molecular formula is C19H23N3O3. The molecule has 1 saturated heterocycles. The zero-order valence-corrected chi connectivity index (χ0v) is 14.3. The van der Waals surface area contributed by atoms with E-state index in [-0.39, 0.29) is 18.4 Å². The van der Waals surface area contributed by atoms with Crippen molar-refractivity contribution < 1.29 is 14.4 Å². The molecule has 0 bridgehead atoms. The molecule has 0 aromatic heterocycles. The van der Waals surface area contributed by atoms with Crippen LogP contribution in [0, 0.1) is 0 Å². The summed E-state index contributed by atoms with van der Waals surface area (Å²) in [6.07, 6.45) is 6.16. The summed E-state index contributed by atoms with van der Waals surface area (Å²) in [6, 6.07) is 7.41. The van der Waals surface area contributed by atoms with Gasteiger partial charge in [-0.05, 0) is 37.3 Å². The SMILES string of the molecule is O=C1NC2(CCCCC2)C(=O)N1CC(=O)N1CCCc2ccccc21. The first-order valence-corrected chi connectivity index (χ1v) is 9.13. The van der Waals surface area contributed by atoms with E-state index in [4.69, 9.17) is 0 Å². The Bertz CT molecular complexity index is 724. The number of hydrogen-bond donors (Lipinski definition) is 1. The molecule has 1 saturated carbocycles. The van der Waals surface area contributed by atoms with Crippen LogP contribution in [0.15, 0.2) is 24.3 Å². The second kappa shape index (κ2) is 6.17. The Morgan fingerprint density at radius 1 is 1.08 bits per heavy atom. The number of aryl methyl sites for hydroxylation is 1. The average Bonchev–Trinajstić information content (AvgIpc) is 2.86. The maximum Gasteiger partial charge on any atom is 0.325 e. The summed E-state index contributed by atoms with van der Waals surface area (Å²) in [4.78, 5) is 40.8. The van der Waals surface area contributed by atoms with Crippen LogP contribution >= 0.6 is 0 Å². The lowest BCUT2D eigenvalue weighted by atomic mass is 9.82. The van der Waals surface area contributed by atoms with Gasteiger partial charge in [-0.15, -0.1) is 0 Å². The van der Waals surface area contributed by atoms with Crippen molar-refractivity contribution in [3.63, 3.8) is 0 Å². The minimum Gasteiger partial charge on any atom is -0.323 e. The van der Waals surface area contributed by atoms with Gasteiger partial charge >= 0.3 is 6.03 Å². The first-order valence-electron chi connectivity index (χ1n) is 9.13. The van der Waals surface area contributed by atoms with E-state index >= 15 is 0 Å². The van der Waals surface area contributed by atoms with Gasteiger partial charge in [-0.3, -0.25) is 14.5 Å². The topological polar surface area (TPSA) is 69.7 Å². The molecule has 4 rings (SSSR count). The second-order valence-corrected chi connectivity index (χ2v) is 7.24. The highest BCUT2D eigenvalue weighted by molar-refractivity contribution is 6.10. The smallest absolute Gasteiger partial charge is 0.323 e. The molecule has 1 N–H and O–H groups in total. The van der Waals surface area contributed by atoms with E-state index in [1.165, 1.54) is 0 Å². The van der Waals surface area contributed by atoms with E-state index in [1.807, 2.05) is 24.3 Å². The normalized spacial score (nSPS) is 22.1. The molecule has 0 unspecified atom stereocenters. The van der Waals surface area contributed by atoms with Crippen LogP contribution in [-0.2, 0) is 16.0 Å². The largest absolute Gasteiger partial charge is 0.325 e. The fourth-order valence-electron chi connectivity index (χ4n) is 4.33. The first kappa shape index (κ1) is 16.1. The molecule has 1 aromatic carbocycles. The number of anilines is 1. The quantitative estimate of drug-likeness (QED) is 0.839. The number of imide groups is 1. The van der Waals surface area contributed by atoms with Crippen molar-refractivity contribution in [3.05, 3.63) is 29.8 Å². The van der Waals surface area contributed by atoms with Crippen LogP contribution in [0.4, 0.5) is 10.5 Å². The molecule has 0 atom stereocenters. The van der Waals surface area contributed by atoms with Gasteiger partial charge in [-0.2, -0.15) is 0 Å². The third-order valence-corrected chi connectivity index (χ3v) is 5.66. The van der Waals surface area contributed by atoms with Crippen molar-refractivity contribution >= 4 is 23.5 Å². The van der Waals surface area contributed by atoms with Gasteiger partial charge in [-0.25, -0.2) is 4.79 Å². The number of carbonyl (C=O) groups excluding carboxylic acids is 3. The van der Waals surface area contributed by atoms with Crippen LogP contribution in [0.3, 0.4) is 0 Å². The fourth-order valence-corrected chi connectivity index (χ4v) is 4.33. The molecule has 6 nitrogen and oxygen atoms in total. The third-order valence-electron chi connectivity index (χ3n) is 5.66. The van der Waals surface area contributed by atoms with Gasteiger partial charge in [0.05, 0.1) is 0 Å². The molecule has 6 heteroatoms. The highest BCUT2D eigenvalue weighted by Crippen LogP contribution is 2.34. The van der Waals surface area contributed by atoms with Crippen molar-refractivity contribution in [1.82, 2.24) is 10.2 Å². The highest BCUT2D eigenvalue weighted by atomic mass is 16.2. The number of nitrogens with zero attached hydrogens (tertiary/aromatic N) is 2. The van der Waals surface area contributed by atoms with E-state index in [1.54, 1.807) is 4.90 Å². The fraction of sp³-hybridized carbons (Fsp3) is 0.526. The second-order valence-electron chi connectivity index (χ2n) is 7.24. The molecule has 1 spiro atoms. The molecule has 1 aliphatic carbocycles. The van der Waals surface area contributed by atoms with Crippen molar-refractivity contribution in [1.29, 1.82) is 0 Å². The zero-order chi connectivity index (χ0) is 17.4. The van der Waals surface area contributed by atoms with Crippen molar-refractivity contribution in [2.24, 2.45) is 0 Å². The van der Waals surface area contributed by atoms with E-state index in [9.17, 15) is 14.4 Å². The summed E-state index contributed by atoms with van der Waals surface area (Å²) < 4.78 is 0. The number of fused-ring (bicyclic) bond motifs is 1. The Hall–Kier alpha value is -2.37. The molecule has 0 radical (unpaired) electrons. The van der Waals surface area contributed by atoms with E-state index in [0.29, 0.717) is 19.4 Å². The van der Waals surface area contributed by atoms with Crippen LogP contribution in [-0.4, -0.2) is 41.4 Å². The average molecular weight is 341 g/mol. The predicted molar refractivity (Wildman–Crippen MR) is 93.2 cm³/mol. The van der Waals surface area contributed by atoms with Gasteiger partial charge in [0.25, 0.3) is 5.91 Å². The van der Waals surface area contributed by atoms with Crippen LogP contribution in [0.1, 0.15) is 44.1 Å². The Labute approximate surface area is 147 Å². The van der Waals surface area contributed by atoms with Crippen LogP contribution in [0.25, 0.3) is 0 Å². The molecule has 2 fully saturated rings. The Balaban J connectivity index is 1.52. The van der Waals surface area contributed by atoms with Crippen molar-refractivity contribution in [2.75, 3.05) is 18.0 Å². The maximum atomic E-state index is 12.8. The van der Waals surface area contributed by atoms with Gasteiger partial charge in [0.2, 0.25) is 5.91 Å². The first-order chi connectivity index (χ1) is 12.1. The molecule has 2 aliphatic heterocycles. The number of hydrogen-bond acceptors (Lipinski definition) is 3. The number of nitrogens with one attached hydrogen (secondary N) is 1.